The highest BCUT2D eigenvalue weighted by molar-refractivity contribution is 7.91. The molecule has 0 bridgehead atoms. The molecule has 0 aliphatic carbocycles. The molecule has 0 amide bonds. The Labute approximate surface area is 139 Å². The van der Waals surface area contributed by atoms with Gasteiger partial charge in [0.2, 0.25) is 9.84 Å². The van der Waals surface area contributed by atoms with Crippen LogP contribution in [0.1, 0.15) is 12.0 Å². The molecule has 0 radical (unpaired) electrons. The lowest BCUT2D eigenvalue weighted by Crippen LogP contribution is -2.19. The summed E-state index contributed by atoms with van der Waals surface area (Å²) in [5.74, 6) is 0. The third-order valence-corrected chi connectivity index (χ3v) is 5.85. The third-order valence-electron chi connectivity index (χ3n) is 4.14. The highest BCUT2D eigenvalue weighted by Crippen LogP contribution is 2.31. The first kappa shape index (κ1) is 15.0. The Hall–Kier alpha value is -2.51. The number of H-pyrrole nitrogens is 1. The average Bonchev–Trinajstić information content (AvgIpc) is 3.07. The van der Waals surface area contributed by atoms with Crippen LogP contribution < -0.4 is 5.32 Å². The molecule has 2 N–H and O–H groups in total. The zero-order chi connectivity index (χ0) is 16.6. The van der Waals surface area contributed by atoms with Crippen LogP contribution in [0, 0.1) is 0 Å². The van der Waals surface area contributed by atoms with E-state index in [-0.39, 0.29) is 9.92 Å². The molecular formula is C17H16N4O2S. The molecule has 0 saturated carbocycles. The number of rotatable bonds is 3. The number of nitrogens with one attached hydrogen (secondary N) is 2. The van der Waals surface area contributed by atoms with E-state index < -0.39 is 9.84 Å². The Kier molecular flexibility index (Phi) is 3.66. The Morgan fingerprint density at radius 3 is 2.75 bits per heavy atom. The first-order valence-corrected chi connectivity index (χ1v) is 9.18. The molecule has 122 valence electrons. The number of aromatic amines is 1. The number of fused-ring (bicyclic) bond motifs is 1. The van der Waals surface area contributed by atoms with Crippen molar-refractivity contribution in [3.05, 3.63) is 54.5 Å². The van der Waals surface area contributed by atoms with Crippen molar-refractivity contribution in [2.24, 2.45) is 0 Å². The monoisotopic (exact) mass is 340 g/mol. The van der Waals surface area contributed by atoms with E-state index in [1.54, 1.807) is 12.1 Å². The zero-order valence-corrected chi connectivity index (χ0v) is 13.7. The summed E-state index contributed by atoms with van der Waals surface area (Å²) in [5, 5.41) is 3.31. The molecule has 24 heavy (non-hydrogen) atoms. The van der Waals surface area contributed by atoms with Crippen LogP contribution in [0.3, 0.4) is 0 Å². The van der Waals surface area contributed by atoms with E-state index >= 15 is 0 Å². The summed E-state index contributed by atoms with van der Waals surface area (Å²) in [6.45, 7) is 1.72. The van der Waals surface area contributed by atoms with Gasteiger partial charge in [-0.3, -0.25) is 4.98 Å². The van der Waals surface area contributed by atoms with Gasteiger partial charge < -0.3 is 10.3 Å². The molecule has 1 aliphatic heterocycles. The van der Waals surface area contributed by atoms with Crippen molar-refractivity contribution >= 4 is 26.4 Å². The summed E-state index contributed by atoms with van der Waals surface area (Å²) in [4.78, 5) is 11.7. The molecule has 7 heteroatoms. The molecule has 0 fully saturated rings. The predicted molar refractivity (Wildman–Crippen MR) is 91.2 cm³/mol. The van der Waals surface area contributed by atoms with E-state index in [0.29, 0.717) is 11.0 Å². The number of hydrogen-bond acceptors (Lipinski definition) is 5. The zero-order valence-electron chi connectivity index (χ0n) is 12.9. The van der Waals surface area contributed by atoms with E-state index in [4.69, 9.17) is 0 Å². The molecular weight excluding hydrogens is 324 g/mol. The quantitative estimate of drug-likeness (QED) is 0.763. The maximum Gasteiger partial charge on any atom is 0.226 e. The lowest BCUT2D eigenvalue weighted by atomic mass is 10.0. The van der Waals surface area contributed by atoms with Crippen LogP contribution in [0.2, 0.25) is 0 Å². The van der Waals surface area contributed by atoms with Gasteiger partial charge in [-0.1, -0.05) is 12.1 Å². The third kappa shape index (κ3) is 2.42. The molecule has 3 aromatic rings. The Morgan fingerprint density at radius 2 is 2.00 bits per heavy atom. The minimum Gasteiger partial charge on any atom is -0.358 e. The molecule has 1 aliphatic rings. The summed E-state index contributed by atoms with van der Waals surface area (Å²) in [5.41, 5.74) is 3.35. The average molecular weight is 340 g/mol. The number of hydrogen-bond donors (Lipinski definition) is 2. The van der Waals surface area contributed by atoms with Gasteiger partial charge in [0.25, 0.3) is 0 Å². The molecule has 0 atom stereocenters. The van der Waals surface area contributed by atoms with E-state index in [2.05, 4.69) is 26.3 Å². The van der Waals surface area contributed by atoms with E-state index in [9.17, 15) is 8.42 Å². The van der Waals surface area contributed by atoms with Crippen molar-refractivity contribution in [2.45, 2.75) is 16.3 Å². The van der Waals surface area contributed by atoms with Gasteiger partial charge in [-0.25, -0.2) is 13.4 Å². The van der Waals surface area contributed by atoms with Gasteiger partial charge in [-0.2, -0.15) is 0 Å². The van der Waals surface area contributed by atoms with Crippen molar-refractivity contribution in [1.82, 2.24) is 20.3 Å². The predicted octanol–water partition coefficient (Wildman–Crippen LogP) is 2.17. The fourth-order valence-electron chi connectivity index (χ4n) is 2.96. The van der Waals surface area contributed by atoms with Crippen LogP contribution in [-0.4, -0.2) is 36.5 Å². The Bertz CT molecular complexity index is 1020. The molecule has 4 heterocycles. The van der Waals surface area contributed by atoms with Crippen LogP contribution in [0.15, 0.2) is 58.9 Å². The van der Waals surface area contributed by atoms with Crippen LogP contribution in [0.25, 0.3) is 16.6 Å². The minimum atomic E-state index is -3.70. The second kappa shape index (κ2) is 5.85. The lowest BCUT2D eigenvalue weighted by molar-refractivity contribution is 0.593. The SMILES string of the molecule is O=S(=O)(c1ccccn1)c1ccnc2c(C3=CCNCC3)c[nH]c12. The van der Waals surface area contributed by atoms with Gasteiger partial charge in [0.1, 0.15) is 4.90 Å². The highest BCUT2D eigenvalue weighted by Gasteiger charge is 2.24. The minimum absolute atomic E-state index is 0.0368. The second-order valence-electron chi connectivity index (χ2n) is 5.59. The molecule has 3 aromatic heterocycles. The van der Waals surface area contributed by atoms with Crippen LogP contribution in [0.4, 0.5) is 0 Å². The highest BCUT2D eigenvalue weighted by atomic mass is 32.2. The molecule has 0 aromatic carbocycles. The molecule has 6 nitrogen and oxygen atoms in total. The number of pyridine rings is 2. The summed E-state index contributed by atoms with van der Waals surface area (Å²) >= 11 is 0. The second-order valence-corrected chi connectivity index (χ2v) is 7.45. The van der Waals surface area contributed by atoms with Crippen molar-refractivity contribution < 1.29 is 8.42 Å². The topological polar surface area (TPSA) is 87.7 Å². The van der Waals surface area contributed by atoms with Gasteiger partial charge in [0.15, 0.2) is 5.03 Å². The van der Waals surface area contributed by atoms with Gasteiger partial charge in [0, 0.05) is 30.7 Å². The van der Waals surface area contributed by atoms with Crippen molar-refractivity contribution in [1.29, 1.82) is 0 Å². The standard InChI is InChI=1S/C17H16N4O2S/c22-24(23,15-3-1-2-7-19-15)14-6-10-20-16-13(11-21-17(14)16)12-4-8-18-9-5-12/h1-4,6-7,10-11,18,21H,5,8-9H2. The van der Waals surface area contributed by atoms with E-state index in [1.807, 2.05) is 6.20 Å². The first-order valence-electron chi connectivity index (χ1n) is 7.70. The molecule has 4 rings (SSSR count). The van der Waals surface area contributed by atoms with Crippen LogP contribution in [-0.2, 0) is 9.84 Å². The summed E-state index contributed by atoms with van der Waals surface area (Å²) in [6, 6.07) is 6.37. The largest absolute Gasteiger partial charge is 0.358 e. The van der Waals surface area contributed by atoms with Crippen molar-refractivity contribution in [2.75, 3.05) is 13.1 Å². The molecule has 0 saturated heterocycles. The fourth-order valence-corrected chi connectivity index (χ4v) is 4.30. The maximum atomic E-state index is 12.9. The smallest absolute Gasteiger partial charge is 0.226 e. The van der Waals surface area contributed by atoms with E-state index in [1.165, 1.54) is 30.1 Å². The van der Waals surface area contributed by atoms with Gasteiger partial charge in [-0.15, -0.1) is 0 Å². The van der Waals surface area contributed by atoms with Gasteiger partial charge in [0.05, 0.1) is 11.0 Å². The first-order chi connectivity index (χ1) is 11.7. The summed E-state index contributed by atoms with van der Waals surface area (Å²) in [7, 11) is -3.70. The molecule has 0 spiro atoms. The van der Waals surface area contributed by atoms with Gasteiger partial charge in [-0.05, 0) is 36.7 Å². The normalized spacial score (nSPS) is 15.4. The number of sulfone groups is 1. The van der Waals surface area contributed by atoms with Crippen LogP contribution in [0.5, 0.6) is 0 Å². The Balaban J connectivity index is 1.89. The van der Waals surface area contributed by atoms with E-state index in [0.717, 1.165) is 25.1 Å². The van der Waals surface area contributed by atoms with Gasteiger partial charge >= 0.3 is 0 Å². The van der Waals surface area contributed by atoms with Crippen molar-refractivity contribution in [3.63, 3.8) is 0 Å². The Morgan fingerprint density at radius 1 is 1.08 bits per heavy atom. The lowest BCUT2D eigenvalue weighted by Gasteiger charge is -2.13. The fraction of sp³-hybridized carbons (Fsp3) is 0.176. The van der Waals surface area contributed by atoms with Crippen molar-refractivity contribution in [3.8, 4) is 0 Å². The maximum absolute atomic E-state index is 12.9. The molecule has 0 unspecified atom stereocenters. The van der Waals surface area contributed by atoms with Crippen LogP contribution >= 0.6 is 0 Å². The number of aromatic nitrogens is 3. The summed E-state index contributed by atoms with van der Waals surface area (Å²) < 4.78 is 25.8. The number of nitrogens with zero attached hydrogens (tertiary/aromatic N) is 2. The summed E-state index contributed by atoms with van der Waals surface area (Å²) in [6.07, 6.45) is 7.87.